The third kappa shape index (κ3) is 5.78. The van der Waals surface area contributed by atoms with E-state index in [1.54, 1.807) is 0 Å². The molecule has 2 rings (SSSR count). The Labute approximate surface area is 136 Å². The predicted octanol–water partition coefficient (Wildman–Crippen LogP) is 3.62. The molecule has 0 aromatic heterocycles. The molecule has 0 aromatic rings. The van der Waals surface area contributed by atoms with Crippen LogP contribution in [-0.4, -0.2) is 36.5 Å². The summed E-state index contributed by atoms with van der Waals surface area (Å²) in [5, 5.41) is 3.45. The molecule has 1 aliphatic carbocycles. The molecule has 1 saturated carbocycles. The molecule has 2 atom stereocenters. The minimum Gasteiger partial charge on any atom is -0.342 e. The molecule has 0 bridgehead atoms. The van der Waals surface area contributed by atoms with Crippen LogP contribution in [0.25, 0.3) is 0 Å². The number of nitrogens with zero attached hydrogens (tertiary/aromatic N) is 1. The first-order valence-electron chi connectivity index (χ1n) is 8.73. The van der Waals surface area contributed by atoms with Gasteiger partial charge < -0.3 is 10.2 Å². The molecule has 4 heteroatoms. The van der Waals surface area contributed by atoms with Gasteiger partial charge in [-0.15, -0.1) is 12.4 Å². The van der Waals surface area contributed by atoms with Gasteiger partial charge in [0.2, 0.25) is 5.91 Å². The van der Waals surface area contributed by atoms with E-state index in [1.807, 2.05) is 0 Å². The van der Waals surface area contributed by atoms with Crippen molar-refractivity contribution in [3.63, 3.8) is 0 Å². The van der Waals surface area contributed by atoms with Gasteiger partial charge in [0.15, 0.2) is 0 Å². The third-order valence-corrected chi connectivity index (χ3v) is 4.98. The lowest BCUT2D eigenvalue weighted by molar-refractivity contribution is -0.137. The van der Waals surface area contributed by atoms with Crippen molar-refractivity contribution < 1.29 is 4.79 Å². The molecule has 2 fully saturated rings. The van der Waals surface area contributed by atoms with Gasteiger partial charge in [0.1, 0.15) is 0 Å². The van der Waals surface area contributed by atoms with Crippen molar-refractivity contribution in [1.29, 1.82) is 0 Å². The van der Waals surface area contributed by atoms with E-state index in [2.05, 4.69) is 24.1 Å². The lowest BCUT2D eigenvalue weighted by Gasteiger charge is -2.35. The smallest absolute Gasteiger partial charge is 0.225 e. The molecule has 0 unspecified atom stereocenters. The second-order valence-corrected chi connectivity index (χ2v) is 6.86. The second-order valence-electron chi connectivity index (χ2n) is 6.86. The van der Waals surface area contributed by atoms with E-state index in [-0.39, 0.29) is 18.3 Å². The van der Waals surface area contributed by atoms with Crippen LogP contribution in [0.15, 0.2) is 0 Å². The summed E-state index contributed by atoms with van der Waals surface area (Å²) in [6.45, 7) is 7.36. The van der Waals surface area contributed by atoms with Crippen molar-refractivity contribution >= 4 is 18.3 Å². The highest BCUT2D eigenvalue weighted by atomic mass is 35.5. The molecule has 1 saturated heterocycles. The van der Waals surface area contributed by atoms with E-state index in [0.29, 0.717) is 11.9 Å². The van der Waals surface area contributed by atoms with Crippen molar-refractivity contribution in [3.05, 3.63) is 0 Å². The molecule has 0 aromatic carbocycles. The van der Waals surface area contributed by atoms with Crippen LogP contribution in [0.4, 0.5) is 0 Å². The molecule has 1 aliphatic heterocycles. The standard InChI is InChI=1S/C17H32N2O.ClH/c1-3-11-19(13-15-7-5-4-6-8-15)17(20)16-9-10-18-14(2)12-16;/h14-16,18H,3-13H2,1-2H3;1H/t14-,16-;/m0./s1. The number of amides is 1. The van der Waals surface area contributed by atoms with Gasteiger partial charge in [0, 0.05) is 25.0 Å². The van der Waals surface area contributed by atoms with Crippen LogP contribution in [-0.2, 0) is 4.79 Å². The lowest BCUT2D eigenvalue weighted by Crippen LogP contribution is -2.45. The van der Waals surface area contributed by atoms with Crippen molar-refractivity contribution in [1.82, 2.24) is 10.2 Å². The van der Waals surface area contributed by atoms with E-state index < -0.39 is 0 Å². The van der Waals surface area contributed by atoms with Gasteiger partial charge in [0.25, 0.3) is 0 Å². The fraction of sp³-hybridized carbons (Fsp3) is 0.941. The monoisotopic (exact) mass is 316 g/mol. The summed E-state index contributed by atoms with van der Waals surface area (Å²) in [5.74, 6) is 1.46. The second kappa shape index (κ2) is 9.68. The fourth-order valence-corrected chi connectivity index (χ4v) is 3.86. The SMILES string of the molecule is CCCN(CC1CCCCC1)C(=O)[C@H]1CCN[C@@H](C)C1.Cl. The first kappa shape index (κ1) is 18.8. The third-order valence-electron chi connectivity index (χ3n) is 4.98. The van der Waals surface area contributed by atoms with Gasteiger partial charge in [-0.25, -0.2) is 0 Å². The van der Waals surface area contributed by atoms with Gasteiger partial charge >= 0.3 is 0 Å². The number of piperidine rings is 1. The summed E-state index contributed by atoms with van der Waals surface area (Å²) in [7, 11) is 0. The molecule has 1 heterocycles. The average molecular weight is 317 g/mol. The maximum Gasteiger partial charge on any atom is 0.225 e. The van der Waals surface area contributed by atoms with Gasteiger partial charge in [0.05, 0.1) is 0 Å². The van der Waals surface area contributed by atoms with Crippen LogP contribution >= 0.6 is 12.4 Å². The topological polar surface area (TPSA) is 32.3 Å². The molecule has 3 nitrogen and oxygen atoms in total. The number of halogens is 1. The van der Waals surface area contributed by atoms with Crippen LogP contribution in [0.1, 0.15) is 65.2 Å². The summed E-state index contributed by atoms with van der Waals surface area (Å²) in [4.78, 5) is 15.0. The van der Waals surface area contributed by atoms with Crippen molar-refractivity contribution in [2.24, 2.45) is 11.8 Å². The number of rotatable bonds is 5. The predicted molar refractivity (Wildman–Crippen MR) is 90.9 cm³/mol. The van der Waals surface area contributed by atoms with Gasteiger partial charge in [-0.2, -0.15) is 0 Å². The van der Waals surface area contributed by atoms with E-state index in [4.69, 9.17) is 0 Å². The Morgan fingerprint density at radius 1 is 1.19 bits per heavy atom. The summed E-state index contributed by atoms with van der Waals surface area (Å²) in [6, 6.07) is 0.496. The Morgan fingerprint density at radius 2 is 1.90 bits per heavy atom. The maximum absolute atomic E-state index is 12.8. The largest absolute Gasteiger partial charge is 0.342 e. The molecule has 0 radical (unpaired) electrons. The van der Waals surface area contributed by atoms with Gasteiger partial charge in [-0.1, -0.05) is 26.2 Å². The quantitative estimate of drug-likeness (QED) is 0.840. The average Bonchev–Trinajstić information content (AvgIpc) is 2.47. The summed E-state index contributed by atoms with van der Waals surface area (Å²) in [6.07, 6.45) is 9.90. The molecule has 1 amide bonds. The fourth-order valence-electron chi connectivity index (χ4n) is 3.86. The number of nitrogens with one attached hydrogen (secondary N) is 1. The lowest BCUT2D eigenvalue weighted by atomic mass is 9.87. The van der Waals surface area contributed by atoms with E-state index in [1.165, 1.54) is 32.1 Å². The summed E-state index contributed by atoms with van der Waals surface area (Å²) < 4.78 is 0. The van der Waals surface area contributed by atoms with Crippen LogP contribution in [0.5, 0.6) is 0 Å². The molecule has 2 aliphatic rings. The molecular weight excluding hydrogens is 284 g/mol. The van der Waals surface area contributed by atoms with Crippen molar-refractivity contribution in [2.45, 2.75) is 71.3 Å². The Bertz CT molecular complexity index is 305. The molecular formula is C17H33ClN2O. The Kier molecular flexibility index (Phi) is 8.65. The Morgan fingerprint density at radius 3 is 2.52 bits per heavy atom. The highest BCUT2D eigenvalue weighted by Crippen LogP contribution is 2.26. The molecule has 21 heavy (non-hydrogen) atoms. The highest BCUT2D eigenvalue weighted by molar-refractivity contribution is 5.85. The minimum absolute atomic E-state index is 0. The normalized spacial score (nSPS) is 27.0. The van der Waals surface area contributed by atoms with Crippen LogP contribution < -0.4 is 5.32 Å². The zero-order valence-corrected chi connectivity index (χ0v) is 14.6. The first-order chi connectivity index (χ1) is 9.70. The van der Waals surface area contributed by atoms with E-state index in [9.17, 15) is 4.79 Å². The Balaban J connectivity index is 0.00000220. The van der Waals surface area contributed by atoms with Crippen LogP contribution in [0.3, 0.4) is 0 Å². The van der Waals surface area contributed by atoms with Crippen molar-refractivity contribution in [3.8, 4) is 0 Å². The maximum atomic E-state index is 12.8. The first-order valence-corrected chi connectivity index (χ1v) is 8.73. The number of hydrogen-bond acceptors (Lipinski definition) is 2. The number of carbonyl (C=O) groups is 1. The van der Waals surface area contributed by atoms with E-state index >= 15 is 0 Å². The van der Waals surface area contributed by atoms with Gasteiger partial charge in [-0.05, 0) is 51.5 Å². The highest BCUT2D eigenvalue weighted by Gasteiger charge is 2.29. The molecule has 0 spiro atoms. The van der Waals surface area contributed by atoms with E-state index in [0.717, 1.165) is 44.8 Å². The zero-order chi connectivity index (χ0) is 14.4. The minimum atomic E-state index is 0. The number of carbonyl (C=O) groups excluding carboxylic acids is 1. The molecule has 124 valence electrons. The summed E-state index contributed by atoms with van der Waals surface area (Å²) in [5.41, 5.74) is 0. The zero-order valence-electron chi connectivity index (χ0n) is 13.8. The van der Waals surface area contributed by atoms with Crippen molar-refractivity contribution in [2.75, 3.05) is 19.6 Å². The number of hydrogen-bond donors (Lipinski definition) is 1. The molecule has 1 N–H and O–H groups in total. The van der Waals surface area contributed by atoms with Crippen LogP contribution in [0, 0.1) is 11.8 Å². The van der Waals surface area contributed by atoms with Crippen LogP contribution in [0.2, 0.25) is 0 Å². The summed E-state index contributed by atoms with van der Waals surface area (Å²) >= 11 is 0. The van der Waals surface area contributed by atoms with Gasteiger partial charge in [-0.3, -0.25) is 4.79 Å². The Hall–Kier alpha value is -0.280.